The van der Waals surface area contributed by atoms with Gasteiger partial charge in [0, 0.05) is 6.04 Å². The zero-order chi connectivity index (χ0) is 10.4. The van der Waals surface area contributed by atoms with E-state index in [2.05, 4.69) is 10.6 Å². The Bertz CT molecular complexity index is 165. The van der Waals surface area contributed by atoms with Crippen LogP contribution in [0.25, 0.3) is 0 Å². The first kappa shape index (κ1) is 12.1. The number of aliphatic hydroxyl groups is 1. The Morgan fingerprint density at radius 3 is 2.38 bits per heavy atom. The summed E-state index contributed by atoms with van der Waals surface area (Å²) < 4.78 is 23.4. The smallest absolute Gasteiger partial charge is 0.315 e. The van der Waals surface area contributed by atoms with Gasteiger partial charge in [0.2, 0.25) is 0 Å². The molecule has 0 aromatic heterocycles. The number of halogens is 2. The third-order valence-corrected chi connectivity index (χ3v) is 1.18. The molecule has 0 aliphatic rings. The van der Waals surface area contributed by atoms with Crippen molar-refractivity contribution in [2.45, 2.75) is 32.4 Å². The zero-order valence-electron chi connectivity index (χ0n) is 7.55. The van der Waals surface area contributed by atoms with Crippen LogP contribution in [0.1, 0.15) is 13.8 Å². The maximum absolute atomic E-state index is 11.7. The Kier molecular flexibility index (Phi) is 5.29. The van der Waals surface area contributed by atoms with E-state index in [1.54, 1.807) is 13.8 Å². The Labute approximate surface area is 75.3 Å². The molecule has 0 heterocycles. The van der Waals surface area contributed by atoms with E-state index in [0.29, 0.717) is 0 Å². The molecule has 0 fully saturated rings. The average molecular weight is 196 g/mol. The van der Waals surface area contributed by atoms with Crippen molar-refractivity contribution < 1.29 is 18.7 Å². The van der Waals surface area contributed by atoms with Crippen LogP contribution < -0.4 is 10.6 Å². The average Bonchev–Trinajstić information content (AvgIpc) is 1.98. The lowest BCUT2D eigenvalue weighted by atomic mass is 10.3. The summed E-state index contributed by atoms with van der Waals surface area (Å²) in [5.41, 5.74) is 0. The Morgan fingerprint density at radius 2 is 2.00 bits per heavy atom. The number of alkyl halides is 2. The van der Waals surface area contributed by atoms with Crippen LogP contribution in [-0.2, 0) is 0 Å². The number of carbonyl (C=O) groups is 1. The van der Waals surface area contributed by atoms with Crippen molar-refractivity contribution >= 4 is 6.03 Å². The van der Waals surface area contributed by atoms with Gasteiger partial charge >= 0.3 is 6.03 Å². The number of hydrogen-bond donors (Lipinski definition) is 3. The van der Waals surface area contributed by atoms with Crippen LogP contribution in [0.2, 0.25) is 0 Å². The van der Waals surface area contributed by atoms with Gasteiger partial charge in [0.15, 0.2) is 0 Å². The minimum atomic E-state index is -2.83. The molecule has 0 spiro atoms. The highest BCUT2D eigenvalue weighted by atomic mass is 19.3. The number of carbonyl (C=O) groups excluding carboxylic acids is 1. The van der Waals surface area contributed by atoms with Gasteiger partial charge in [0.25, 0.3) is 6.43 Å². The normalized spacial score (nSPS) is 13.2. The molecule has 1 unspecified atom stereocenters. The predicted molar refractivity (Wildman–Crippen MR) is 43.7 cm³/mol. The molecule has 0 aliphatic heterocycles. The van der Waals surface area contributed by atoms with Gasteiger partial charge in [-0.15, -0.1) is 0 Å². The van der Waals surface area contributed by atoms with Crippen LogP contribution >= 0.6 is 0 Å². The molecular formula is C7H14F2N2O2. The molecule has 0 rings (SSSR count). The minimum Gasteiger partial charge on any atom is -0.385 e. The molecular weight excluding hydrogens is 182 g/mol. The first-order valence-electron chi connectivity index (χ1n) is 3.94. The molecule has 2 amide bonds. The van der Waals surface area contributed by atoms with Crippen molar-refractivity contribution in [3.63, 3.8) is 0 Å². The van der Waals surface area contributed by atoms with Crippen molar-refractivity contribution in [1.82, 2.24) is 10.6 Å². The number of amides is 2. The third kappa shape index (κ3) is 6.27. The molecule has 78 valence electrons. The fourth-order valence-electron chi connectivity index (χ4n) is 0.600. The minimum absolute atomic E-state index is 0.0660. The van der Waals surface area contributed by atoms with E-state index in [9.17, 15) is 13.6 Å². The highest BCUT2D eigenvalue weighted by Gasteiger charge is 2.17. The number of aliphatic hydroxyl groups excluding tert-OH is 1. The standard InChI is InChI=1S/C7H14F2N2O2/c1-4(2)11-7(13)10-3-5(12)6(8)9/h4-6,12H,3H2,1-2H3,(H2,10,11,13). The lowest BCUT2D eigenvalue weighted by Crippen LogP contribution is -2.43. The second-order valence-electron chi connectivity index (χ2n) is 2.91. The molecule has 13 heavy (non-hydrogen) atoms. The molecule has 1 atom stereocenters. The molecule has 0 aromatic rings. The Morgan fingerprint density at radius 1 is 1.46 bits per heavy atom. The zero-order valence-corrected chi connectivity index (χ0v) is 7.55. The summed E-state index contributed by atoms with van der Waals surface area (Å²) in [6.45, 7) is 3.03. The fourth-order valence-corrected chi connectivity index (χ4v) is 0.600. The summed E-state index contributed by atoms with van der Waals surface area (Å²) in [7, 11) is 0. The molecule has 6 heteroatoms. The van der Waals surface area contributed by atoms with Gasteiger partial charge in [-0.05, 0) is 13.8 Å². The predicted octanol–water partition coefficient (Wildman–Crippen LogP) is 0.320. The van der Waals surface area contributed by atoms with Gasteiger partial charge in [0.05, 0.1) is 6.54 Å². The van der Waals surface area contributed by atoms with E-state index in [-0.39, 0.29) is 6.04 Å². The van der Waals surface area contributed by atoms with Crippen LogP contribution in [0.15, 0.2) is 0 Å². The van der Waals surface area contributed by atoms with E-state index in [1.807, 2.05) is 0 Å². The van der Waals surface area contributed by atoms with Crippen LogP contribution in [0, 0.1) is 0 Å². The van der Waals surface area contributed by atoms with E-state index in [1.165, 1.54) is 0 Å². The highest BCUT2D eigenvalue weighted by molar-refractivity contribution is 5.74. The Balaban J connectivity index is 3.58. The molecule has 3 N–H and O–H groups in total. The van der Waals surface area contributed by atoms with E-state index in [4.69, 9.17) is 5.11 Å². The number of nitrogens with one attached hydrogen (secondary N) is 2. The third-order valence-electron chi connectivity index (χ3n) is 1.18. The number of rotatable bonds is 4. The Hall–Kier alpha value is -0.910. The number of hydrogen-bond acceptors (Lipinski definition) is 2. The lowest BCUT2D eigenvalue weighted by molar-refractivity contribution is -0.00177. The highest BCUT2D eigenvalue weighted by Crippen LogP contribution is 1.98. The largest absolute Gasteiger partial charge is 0.385 e. The molecule has 0 radical (unpaired) electrons. The van der Waals surface area contributed by atoms with E-state index < -0.39 is 25.1 Å². The van der Waals surface area contributed by atoms with Gasteiger partial charge in [-0.3, -0.25) is 0 Å². The second-order valence-corrected chi connectivity index (χ2v) is 2.91. The molecule has 0 saturated heterocycles. The summed E-state index contributed by atoms with van der Waals surface area (Å²) in [5.74, 6) is 0. The fraction of sp³-hybridized carbons (Fsp3) is 0.857. The van der Waals surface area contributed by atoms with Crippen LogP contribution in [0.5, 0.6) is 0 Å². The first-order valence-corrected chi connectivity index (χ1v) is 3.94. The molecule has 0 aliphatic carbocycles. The number of urea groups is 1. The molecule has 4 nitrogen and oxygen atoms in total. The summed E-state index contributed by atoms with van der Waals surface area (Å²) in [5, 5.41) is 13.2. The lowest BCUT2D eigenvalue weighted by Gasteiger charge is -2.12. The molecule has 0 aromatic carbocycles. The maximum atomic E-state index is 11.7. The molecule has 0 bridgehead atoms. The monoisotopic (exact) mass is 196 g/mol. The van der Waals surface area contributed by atoms with Gasteiger partial charge in [-0.25, -0.2) is 13.6 Å². The quantitative estimate of drug-likeness (QED) is 0.606. The summed E-state index contributed by atoms with van der Waals surface area (Å²) in [6, 6.07) is -0.626. The van der Waals surface area contributed by atoms with Crippen LogP contribution in [-0.4, -0.2) is 36.3 Å². The van der Waals surface area contributed by atoms with Gasteiger partial charge in [-0.1, -0.05) is 0 Å². The summed E-state index contributed by atoms with van der Waals surface area (Å²) in [6.07, 6.45) is -4.64. The van der Waals surface area contributed by atoms with Gasteiger partial charge < -0.3 is 15.7 Å². The summed E-state index contributed by atoms with van der Waals surface area (Å²) >= 11 is 0. The van der Waals surface area contributed by atoms with Crippen molar-refractivity contribution in [2.24, 2.45) is 0 Å². The maximum Gasteiger partial charge on any atom is 0.315 e. The van der Waals surface area contributed by atoms with Crippen molar-refractivity contribution in [3.8, 4) is 0 Å². The van der Waals surface area contributed by atoms with Gasteiger partial charge in [-0.2, -0.15) is 0 Å². The van der Waals surface area contributed by atoms with E-state index >= 15 is 0 Å². The summed E-state index contributed by atoms with van der Waals surface area (Å²) in [4.78, 5) is 10.8. The van der Waals surface area contributed by atoms with Gasteiger partial charge in [0.1, 0.15) is 6.10 Å². The SMILES string of the molecule is CC(C)NC(=O)NCC(O)C(F)F. The van der Waals surface area contributed by atoms with Crippen molar-refractivity contribution in [3.05, 3.63) is 0 Å². The topological polar surface area (TPSA) is 61.4 Å². The second kappa shape index (κ2) is 5.69. The van der Waals surface area contributed by atoms with Crippen molar-refractivity contribution in [1.29, 1.82) is 0 Å². The first-order chi connectivity index (χ1) is 5.93. The van der Waals surface area contributed by atoms with Crippen LogP contribution in [0.4, 0.5) is 13.6 Å². The van der Waals surface area contributed by atoms with Crippen LogP contribution in [0.3, 0.4) is 0 Å². The van der Waals surface area contributed by atoms with E-state index in [0.717, 1.165) is 0 Å². The van der Waals surface area contributed by atoms with Crippen molar-refractivity contribution in [2.75, 3.05) is 6.54 Å². The molecule has 0 saturated carbocycles.